The molecule has 0 unspecified atom stereocenters. The van der Waals surface area contributed by atoms with Gasteiger partial charge in [0.2, 0.25) is 0 Å². The quantitative estimate of drug-likeness (QED) is 0.0626. The molecule has 493 valence electrons. The van der Waals surface area contributed by atoms with E-state index in [4.69, 9.17) is 41.6 Å². The van der Waals surface area contributed by atoms with E-state index in [0.717, 1.165) is 53.0 Å². The van der Waals surface area contributed by atoms with E-state index in [1.165, 1.54) is 40.7 Å². The summed E-state index contributed by atoms with van der Waals surface area (Å²) in [5.41, 5.74) is 20.5. The third kappa shape index (κ3) is 71.0. The molecule has 25 heteroatoms. The number of fused-ring (bicyclic) bond motifs is 3. The molecule has 7 radical (unpaired) electrons. The summed E-state index contributed by atoms with van der Waals surface area (Å²) in [6.45, 7) is 32.8. The third-order valence-electron chi connectivity index (χ3n) is 9.38. The van der Waals surface area contributed by atoms with Gasteiger partial charge in [-0.1, -0.05) is 72.4 Å². The molecule has 13 rings (SSSR count). The van der Waals surface area contributed by atoms with Crippen LogP contribution in [0.5, 0.6) is 0 Å². The number of rotatable bonds is 7. The third-order valence-corrected chi connectivity index (χ3v) is 9.38. The Morgan fingerprint density at radius 2 is 0.762 bits per heavy atom. The van der Waals surface area contributed by atoms with Gasteiger partial charge in [0.25, 0.3) is 0 Å². The van der Waals surface area contributed by atoms with Gasteiger partial charge in [-0.2, -0.15) is 65.1 Å². The topological polar surface area (TPSA) is 268 Å². The van der Waals surface area contributed by atoms with E-state index in [2.05, 4.69) is 139 Å². The van der Waals surface area contributed by atoms with Crippen molar-refractivity contribution in [1.82, 2.24) is 55.1 Å². The van der Waals surface area contributed by atoms with Crippen LogP contribution < -0.4 is 0 Å². The molecule has 101 heavy (non-hydrogen) atoms. The molecule has 18 nitrogen and oxygen atoms in total. The average molecular weight is 1850 g/mol. The molecule has 0 bridgehead atoms. The molecule has 0 N–H and O–H groups in total. The molecule has 0 saturated heterocycles. The van der Waals surface area contributed by atoms with Gasteiger partial charge >= 0.3 is 0 Å². The van der Waals surface area contributed by atoms with E-state index in [1.807, 2.05) is 158 Å². The van der Waals surface area contributed by atoms with Crippen molar-refractivity contribution in [3.63, 3.8) is 0 Å². The summed E-state index contributed by atoms with van der Waals surface area (Å²) in [6.07, 6.45) is 35.9. The van der Waals surface area contributed by atoms with E-state index in [9.17, 15) is 0 Å². The van der Waals surface area contributed by atoms with Crippen LogP contribution in [-0.4, -0.2) is 74.2 Å². The number of aromatic nitrogens is 11. The maximum atomic E-state index is 8.38. The van der Waals surface area contributed by atoms with Gasteiger partial charge in [0.15, 0.2) is 0 Å². The van der Waals surface area contributed by atoms with Gasteiger partial charge in [-0.15, -0.1) is 42.5 Å². The van der Waals surface area contributed by atoms with Crippen LogP contribution in [0.4, 0.5) is 5.69 Å². The zero-order chi connectivity index (χ0) is 68.5. The minimum Gasteiger partial charge on any atom is -0.911 e. The minimum absolute atomic E-state index is 0. The number of benzene rings is 6. The van der Waals surface area contributed by atoms with E-state index < -0.39 is 0 Å². The molecule has 0 spiro atoms. The zero-order valence-electron chi connectivity index (χ0n) is 55.0. The zero-order valence-corrected chi connectivity index (χ0v) is 74.9. The van der Waals surface area contributed by atoms with Gasteiger partial charge in [-0.05, 0) is 71.4 Å². The Hall–Kier alpha value is -5.75. The molecule has 0 saturated carbocycles. The Morgan fingerprint density at radius 3 is 1.06 bits per heavy atom. The molecule has 0 aliphatic heterocycles. The van der Waals surface area contributed by atoms with Crippen molar-refractivity contribution >= 4 is 63.6 Å². The Balaban J connectivity index is -0.000000155. The fraction of sp³-hybridized carbons (Fsp3) is 0. The standard InChI is InChI=1S/2C9H7N.C8H6N2.C8H6.C7H5N.C6H4N2.C5H5N.3C4H4N2.C4H4.2C3H3N.C2H2N2.7Y/c1-2-6-9-8(4-1)5-3-7-10-9;1-2-4-9-7-10-6-5-8(9)3-1;1-2-4-8-7(3-1)9-5-6-10-8;1-2-8-6-4-3-5-7-8;8-6-7-4-2-1-3-5-7;7-8-6-4-2-1-3-5-6;1-2-4-6-5-3-1;1-2-6-4-3-5-1;1-2-5-4-6-3-1;1-2-4-6-5-3-1;2*1-3-4-2;1-2-3-4;1-2-4-3;;;;;;;/h2*1-7H;1-6H;1-6H;1-4,6H;1-4H;1-5H;3*1-4H;1-4H;2*1-3H;1-2H;;;;;;;/q;;;3*-2;;;;;4*-2;;;;;;;. The smallest absolute Gasteiger partial charge is 0.115 e. The SMILES string of the molecule is [CH-]=CC=[CH-].[CH-]=CC=[N-].[CH-]=CN=[CH-].[CH-]=CN=[N-].[CH-]=Cc1[c-]cccc1.[N-]=Cc1[c-]cccc1.[N-]=Nc1[c-]cccc1.[Y].[Y].[Y].[Y].[Y].[Y].[Y].c1ccc2cnccc2c1.c1ccc2ncccc2c1.c1ccc2nccnc2c1.c1ccncc1.c1ccnnc1.c1cnccn1.c1cncnc1. The van der Waals surface area contributed by atoms with Crippen LogP contribution in [0.25, 0.3) is 60.7 Å². The normalized spacial score (nSPS) is 7.68. The van der Waals surface area contributed by atoms with E-state index in [0.29, 0.717) is 11.3 Å². The van der Waals surface area contributed by atoms with Gasteiger partial charge < -0.3 is 106 Å². The maximum absolute atomic E-state index is 8.38. The first kappa shape index (κ1) is 111. The van der Waals surface area contributed by atoms with Crippen molar-refractivity contribution in [3.8, 4) is 0 Å². The molecule has 7 aromatic heterocycles. The number of hydrogen-bond acceptors (Lipinski definition) is 14. The number of allylic oxidation sites excluding steroid dienone is 3. The second-order valence-corrected chi connectivity index (χ2v) is 15.8. The van der Waals surface area contributed by atoms with Gasteiger partial charge in [-0.25, -0.2) is 22.1 Å². The van der Waals surface area contributed by atoms with E-state index in [-0.39, 0.29) is 229 Å². The number of para-hydroxylation sites is 3. The fourth-order valence-corrected chi connectivity index (χ4v) is 5.47. The van der Waals surface area contributed by atoms with E-state index >= 15 is 0 Å². The largest absolute Gasteiger partial charge is 0.911 e. The second kappa shape index (κ2) is 90.3. The van der Waals surface area contributed by atoms with Crippen molar-refractivity contribution in [1.29, 1.82) is 0 Å². The molecule has 0 fully saturated rings. The van der Waals surface area contributed by atoms with Crippen molar-refractivity contribution in [2.75, 3.05) is 0 Å². The fourth-order valence-electron chi connectivity index (χ4n) is 5.47. The predicted molar refractivity (Wildman–Crippen MR) is 380 cm³/mol. The maximum Gasteiger partial charge on any atom is 0.115 e. The number of hydrogen-bond donors (Lipinski definition) is 0. The Labute approximate surface area is 771 Å². The number of aliphatic imine (C=N–C) groups is 1. The predicted octanol–water partition coefficient (Wildman–Crippen LogP) is 17.2. The molecular formula is C76H64N18Y7-14. The first-order chi connectivity index (χ1) is 46.4. The molecule has 0 aliphatic carbocycles. The van der Waals surface area contributed by atoms with Gasteiger partial charge in [-0.3, -0.25) is 53.8 Å². The number of pyridine rings is 3. The summed E-state index contributed by atoms with van der Waals surface area (Å²) in [5.74, 6) is 0. The number of nitrogens with zero attached hydrogens (tertiary/aromatic N) is 18. The first-order valence-corrected chi connectivity index (χ1v) is 27.2. The van der Waals surface area contributed by atoms with Crippen molar-refractivity contribution in [2.45, 2.75) is 0 Å². The van der Waals surface area contributed by atoms with Crippen molar-refractivity contribution in [3.05, 3.63) is 421 Å². The van der Waals surface area contributed by atoms with Gasteiger partial charge in [0.05, 0.1) is 16.6 Å². The average Bonchev–Trinajstić information content (AvgIpc) is 0.893. The summed E-state index contributed by atoms with van der Waals surface area (Å²) < 4.78 is 0. The summed E-state index contributed by atoms with van der Waals surface area (Å²) >= 11 is 0. The molecule has 0 amide bonds. The summed E-state index contributed by atoms with van der Waals surface area (Å²) in [4.78, 5) is 37.9. The van der Waals surface area contributed by atoms with Gasteiger partial charge in [0, 0.05) is 327 Å². The molecule has 6 aromatic carbocycles. The van der Waals surface area contributed by atoms with E-state index in [1.54, 1.807) is 111 Å². The van der Waals surface area contributed by atoms with Gasteiger partial charge in [0.1, 0.15) is 6.33 Å². The van der Waals surface area contributed by atoms with Crippen LogP contribution in [0.1, 0.15) is 11.1 Å². The van der Waals surface area contributed by atoms with Crippen LogP contribution in [0, 0.1) is 57.7 Å². The summed E-state index contributed by atoms with van der Waals surface area (Å²) in [7, 11) is 0. The summed E-state index contributed by atoms with van der Waals surface area (Å²) in [6, 6.07) is 71.4. The monoisotopic (exact) mass is 1850 g/mol. The Morgan fingerprint density at radius 1 is 0.347 bits per heavy atom. The molecule has 0 aliphatic rings. The van der Waals surface area contributed by atoms with Crippen LogP contribution >= 0.6 is 0 Å². The van der Waals surface area contributed by atoms with Crippen LogP contribution in [-0.2, 0) is 229 Å². The van der Waals surface area contributed by atoms with Crippen molar-refractivity contribution in [2.24, 2.45) is 15.2 Å². The molecular weight excluding hydrogens is 1790 g/mol. The Kier molecular flexibility index (Phi) is 99.4. The Bertz CT molecular complexity index is 3180. The molecule has 7 heterocycles. The summed E-state index contributed by atoms with van der Waals surface area (Å²) in [5, 5.41) is 32.0. The van der Waals surface area contributed by atoms with Crippen molar-refractivity contribution < 1.29 is 229 Å². The first-order valence-electron chi connectivity index (χ1n) is 27.2. The molecule has 0 atom stereocenters. The second-order valence-electron chi connectivity index (χ2n) is 15.8. The van der Waals surface area contributed by atoms with Crippen LogP contribution in [0.3, 0.4) is 0 Å². The van der Waals surface area contributed by atoms with Crippen LogP contribution in [0.15, 0.2) is 345 Å². The minimum atomic E-state index is 0. The van der Waals surface area contributed by atoms with Crippen LogP contribution in [0.2, 0.25) is 0 Å². The molecule has 13 aromatic rings.